The standard InChI is InChI=1S/C12H12ClN3O2S/c13-10-3-2-9(19-10)5-15-11(17)7-16-6-8(14)1-4-12(16)18/h1-4,6H,5,7,14H2,(H,15,17). The Balaban J connectivity index is 1.94. The highest BCUT2D eigenvalue weighted by Crippen LogP contribution is 2.20. The summed E-state index contributed by atoms with van der Waals surface area (Å²) < 4.78 is 1.95. The molecule has 0 aliphatic rings. The van der Waals surface area contributed by atoms with Crippen molar-refractivity contribution in [2.45, 2.75) is 13.1 Å². The second kappa shape index (κ2) is 5.90. The van der Waals surface area contributed by atoms with Crippen molar-refractivity contribution in [3.63, 3.8) is 0 Å². The summed E-state index contributed by atoms with van der Waals surface area (Å²) in [6.45, 7) is 0.344. The molecular weight excluding hydrogens is 286 g/mol. The largest absolute Gasteiger partial charge is 0.398 e. The predicted octanol–water partition coefficient (Wildman–Crippen LogP) is 1.46. The molecule has 0 bridgehead atoms. The number of pyridine rings is 1. The lowest BCUT2D eigenvalue weighted by Crippen LogP contribution is -2.31. The van der Waals surface area contributed by atoms with Crippen LogP contribution >= 0.6 is 22.9 Å². The molecule has 0 fully saturated rings. The molecular formula is C12H12ClN3O2S. The van der Waals surface area contributed by atoms with E-state index in [2.05, 4.69) is 5.32 Å². The van der Waals surface area contributed by atoms with Crippen LogP contribution in [0.25, 0.3) is 0 Å². The molecule has 1 amide bonds. The van der Waals surface area contributed by atoms with E-state index >= 15 is 0 Å². The quantitative estimate of drug-likeness (QED) is 0.897. The lowest BCUT2D eigenvalue weighted by atomic mass is 10.4. The number of hydrogen-bond acceptors (Lipinski definition) is 4. The number of halogens is 1. The average molecular weight is 298 g/mol. The summed E-state index contributed by atoms with van der Waals surface area (Å²) in [4.78, 5) is 24.2. The fourth-order valence-corrected chi connectivity index (χ4v) is 2.54. The number of carbonyl (C=O) groups is 1. The number of nitrogens with zero attached hydrogens (tertiary/aromatic N) is 1. The average Bonchev–Trinajstić information content (AvgIpc) is 2.77. The first kappa shape index (κ1) is 13.6. The van der Waals surface area contributed by atoms with Gasteiger partial charge >= 0.3 is 0 Å². The minimum atomic E-state index is -0.261. The molecule has 2 rings (SSSR count). The van der Waals surface area contributed by atoms with Crippen LogP contribution < -0.4 is 16.6 Å². The molecule has 2 heterocycles. The Kier molecular flexibility index (Phi) is 4.24. The van der Waals surface area contributed by atoms with Crippen molar-refractivity contribution in [2.75, 3.05) is 5.73 Å². The third-order valence-electron chi connectivity index (χ3n) is 2.41. The third-order valence-corrected chi connectivity index (χ3v) is 3.64. The van der Waals surface area contributed by atoms with Gasteiger partial charge in [-0.1, -0.05) is 11.6 Å². The van der Waals surface area contributed by atoms with E-state index in [-0.39, 0.29) is 18.0 Å². The predicted molar refractivity (Wildman–Crippen MR) is 76.3 cm³/mol. The molecule has 0 unspecified atom stereocenters. The minimum absolute atomic E-state index is 0.0526. The smallest absolute Gasteiger partial charge is 0.251 e. The van der Waals surface area contributed by atoms with Gasteiger partial charge in [-0.05, 0) is 18.2 Å². The molecule has 0 saturated carbocycles. The van der Waals surface area contributed by atoms with Gasteiger partial charge in [0.05, 0.1) is 10.9 Å². The van der Waals surface area contributed by atoms with Crippen molar-refractivity contribution in [3.8, 4) is 0 Å². The molecule has 0 aliphatic carbocycles. The highest BCUT2D eigenvalue weighted by Gasteiger charge is 2.05. The number of nitrogen functional groups attached to an aromatic ring is 1. The number of thiophene rings is 1. The summed E-state index contributed by atoms with van der Waals surface area (Å²) in [6, 6.07) is 6.46. The number of nitrogens with two attached hydrogens (primary N) is 1. The molecule has 19 heavy (non-hydrogen) atoms. The summed E-state index contributed by atoms with van der Waals surface area (Å²) >= 11 is 7.19. The van der Waals surface area contributed by atoms with Crippen molar-refractivity contribution in [1.82, 2.24) is 9.88 Å². The second-order valence-electron chi connectivity index (χ2n) is 3.91. The third kappa shape index (κ3) is 3.84. The van der Waals surface area contributed by atoms with Gasteiger partial charge in [-0.25, -0.2) is 0 Å². The van der Waals surface area contributed by atoms with Crippen LogP contribution in [0.5, 0.6) is 0 Å². The maximum atomic E-state index is 11.7. The summed E-state index contributed by atoms with van der Waals surface area (Å²) in [5, 5.41) is 2.72. The minimum Gasteiger partial charge on any atom is -0.398 e. The van der Waals surface area contributed by atoms with Gasteiger partial charge in [0.1, 0.15) is 6.54 Å². The zero-order valence-corrected chi connectivity index (χ0v) is 11.5. The molecule has 0 saturated heterocycles. The van der Waals surface area contributed by atoms with Gasteiger partial charge in [0, 0.05) is 22.8 Å². The maximum Gasteiger partial charge on any atom is 0.251 e. The number of anilines is 1. The van der Waals surface area contributed by atoms with E-state index in [1.54, 1.807) is 6.07 Å². The lowest BCUT2D eigenvalue weighted by Gasteiger charge is -2.07. The maximum absolute atomic E-state index is 11.7. The number of rotatable bonds is 4. The highest BCUT2D eigenvalue weighted by atomic mass is 35.5. The fourth-order valence-electron chi connectivity index (χ4n) is 1.52. The van der Waals surface area contributed by atoms with Gasteiger partial charge in [0.15, 0.2) is 0 Å². The summed E-state index contributed by atoms with van der Waals surface area (Å²) in [6.07, 6.45) is 1.45. The number of hydrogen-bond donors (Lipinski definition) is 2. The van der Waals surface area contributed by atoms with Gasteiger partial charge in [0.2, 0.25) is 5.91 Å². The van der Waals surface area contributed by atoms with Crippen molar-refractivity contribution >= 4 is 34.5 Å². The molecule has 2 aromatic rings. The van der Waals surface area contributed by atoms with E-state index in [0.717, 1.165) is 4.88 Å². The molecule has 2 aromatic heterocycles. The van der Waals surface area contributed by atoms with Crippen molar-refractivity contribution < 1.29 is 4.79 Å². The number of nitrogens with one attached hydrogen (secondary N) is 1. The van der Waals surface area contributed by atoms with Crippen LogP contribution in [0.15, 0.2) is 35.3 Å². The van der Waals surface area contributed by atoms with Gasteiger partial charge in [-0.15, -0.1) is 11.3 Å². The van der Waals surface area contributed by atoms with Crippen LogP contribution in [0.3, 0.4) is 0 Å². The molecule has 3 N–H and O–H groups in total. The van der Waals surface area contributed by atoms with Crippen molar-refractivity contribution in [3.05, 3.63) is 50.0 Å². The molecule has 0 spiro atoms. The first-order valence-electron chi connectivity index (χ1n) is 5.51. The van der Waals surface area contributed by atoms with Crippen molar-refractivity contribution in [1.29, 1.82) is 0 Å². The van der Waals surface area contributed by atoms with Gasteiger partial charge < -0.3 is 15.6 Å². The van der Waals surface area contributed by atoms with Crippen LogP contribution in [-0.4, -0.2) is 10.5 Å². The van der Waals surface area contributed by atoms with Gasteiger partial charge in [0.25, 0.3) is 5.56 Å². The van der Waals surface area contributed by atoms with Crippen molar-refractivity contribution in [2.24, 2.45) is 0 Å². The Morgan fingerprint density at radius 2 is 2.16 bits per heavy atom. The number of aromatic nitrogens is 1. The first-order chi connectivity index (χ1) is 9.04. The molecule has 0 radical (unpaired) electrons. The van der Waals surface area contributed by atoms with Crippen LogP contribution in [-0.2, 0) is 17.9 Å². The zero-order chi connectivity index (χ0) is 13.8. The van der Waals surface area contributed by atoms with Gasteiger partial charge in [-0.2, -0.15) is 0 Å². The van der Waals surface area contributed by atoms with Crippen LogP contribution in [0.1, 0.15) is 4.88 Å². The van der Waals surface area contributed by atoms with E-state index in [9.17, 15) is 9.59 Å². The molecule has 5 nitrogen and oxygen atoms in total. The fraction of sp³-hybridized carbons (Fsp3) is 0.167. The Morgan fingerprint density at radius 3 is 2.84 bits per heavy atom. The van der Waals surface area contributed by atoms with E-state index < -0.39 is 0 Å². The molecule has 0 aliphatic heterocycles. The molecule has 7 heteroatoms. The number of carbonyl (C=O) groups excluding carboxylic acids is 1. The van der Waals surface area contributed by atoms with Gasteiger partial charge in [-0.3, -0.25) is 9.59 Å². The van der Waals surface area contributed by atoms with E-state index in [4.69, 9.17) is 17.3 Å². The Hall–Kier alpha value is -1.79. The second-order valence-corrected chi connectivity index (χ2v) is 5.71. The summed E-state index contributed by atoms with van der Waals surface area (Å²) in [5.41, 5.74) is 5.75. The normalized spacial score (nSPS) is 10.4. The Morgan fingerprint density at radius 1 is 1.37 bits per heavy atom. The Bertz CT molecular complexity index is 650. The van der Waals surface area contributed by atoms with E-state index in [1.807, 2.05) is 6.07 Å². The van der Waals surface area contributed by atoms with Crippen LogP contribution in [0, 0.1) is 0 Å². The van der Waals surface area contributed by atoms with Crippen LogP contribution in [0.2, 0.25) is 4.34 Å². The van der Waals surface area contributed by atoms with Crippen LogP contribution in [0.4, 0.5) is 5.69 Å². The summed E-state index contributed by atoms with van der Waals surface area (Å²) in [7, 11) is 0. The molecule has 0 aromatic carbocycles. The lowest BCUT2D eigenvalue weighted by molar-refractivity contribution is -0.121. The molecule has 100 valence electrons. The first-order valence-corrected chi connectivity index (χ1v) is 6.71. The SMILES string of the molecule is Nc1ccc(=O)n(CC(=O)NCc2ccc(Cl)s2)c1. The zero-order valence-electron chi connectivity index (χ0n) is 9.93. The highest BCUT2D eigenvalue weighted by molar-refractivity contribution is 7.16. The number of amides is 1. The molecule has 0 atom stereocenters. The monoisotopic (exact) mass is 297 g/mol. The van der Waals surface area contributed by atoms with E-state index in [0.29, 0.717) is 16.6 Å². The van der Waals surface area contributed by atoms with E-state index in [1.165, 1.54) is 34.2 Å². The Labute approximate surface area is 118 Å². The topological polar surface area (TPSA) is 77.1 Å². The summed E-state index contributed by atoms with van der Waals surface area (Å²) in [5.74, 6) is -0.253.